The van der Waals surface area contributed by atoms with Gasteiger partial charge in [0.1, 0.15) is 0 Å². The van der Waals surface area contributed by atoms with Gasteiger partial charge < -0.3 is 5.32 Å². The van der Waals surface area contributed by atoms with E-state index in [1.807, 2.05) is 26.0 Å². The number of carbonyl (C=O) groups is 1. The molecule has 0 amide bonds. The van der Waals surface area contributed by atoms with Gasteiger partial charge >= 0.3 is 0 Å². The molecule has 1 N–H and O–H groups in total. The number of hydrogen-bond acceptors (Lipinski definition) is 3. The van der Waals surface area contributed by atoms with Gasteiger partial charge in [0.15, 0.2) is 5.78 Å². The molecule has 0 saturated heterocycles. The molecule has 0 fully saturated rings. The summed E-state index contributed by atoms with van der Waals surface area (Å²) in [6.07, 6.45) is 3.98. The third kappa shape index (κ3) is 2.86. The second-order valence-corrected chi connectivity index (χ2v) is 2.93. The predicted octanol–water partition coefficient (Wildman–Crippen LogP) is 1.86. The van der Waals surface area contributed by atoms with Gasteiger partial charge in [0, 0.05) is 18.8 Å². The summed E-state index contributed by atoms with van der Waals surface area (Å²) >= 11 is 0. The van der Waals surface area contributed by atoms with Gasteiger partial charge in [-0.1, -0.05) is 6.92 Å². The maximum absolute atomic E-state index is 11.2. The summed E-state index contributed by atoms with van der Waals surface area (Å²) in [5.41, 5.74) is 0.886. The van der Waals surface area contributed by atoms with Crippen LogP contribution >= 0.6 is 0 Å². The van der Waals surface area contributed by atoms with Crippen molar-refractivity contribution >= 4 is 11.5 Å². The van der Waals surface area contributed by atoms with Gasteiger partial charge in [0.05, 0.1) is 11.7 Å². The Morgan fingerprint density at radius 2 is 2.46 bits per heavy atom. The molecule has 1 aromatic rings. The molecule has 3 nitrogen and oxygen atoms in total. The lowest BCUT2D eigenvalue weighted by Gasteiger charge is -2.12. The Morgan fingerprint density at radius 3 is 3.00 bits per heavy atom. The van der Waals surface area contributed by atoms with Crippen LogP contribution in [0.4, 0.5) is 5.69 Å². The smallest absolute Gasteiger partial charge is 0.154 e. The van der Waals surface area contributed by atoms with Gasteiger partial charge in [-0.25, -0.2) is 0 Å². The first-order valence-electron chi connectivity index (χ1n) is 4.43. The highest BCUT2D eigenvalue weighted by Gasteiger charge is 2.09. The van der Waals surface area contributed by atoms with E-state index in [9.17, 15) is 4.79 Å². The van der Waals surface area contributed by atoms with Crippen LogP contribution in [0.5, 0.6) is 0 Å². The molecule has 0 spiro atoms. The highest BCUT2D eigenvalue weighted by atomic mass is 16.1. The Labute approximate surface area is 78.2 Å². The van der Waals surface area contributed by atoms with Crippen molar-refractivity contribution in [2.45, 2.75) is 26.3 Å². The molecule has 13 heavy (non-hydrogen) atoms. The molecule has 0 aromatic carbocycles. The third-order valence-electron chi connectivity index (χ3n) is 1.88. The van der Waals surface area contributed by atoms with Crippen molar-refractivity contribution in [2.75, 3.05) is 5.32 Å². The Kier molecular flexibility index (Phi) is 3.43. The standard InChI is InChI=1S/C10H14N2O/c1-3-10(13)8(2)12-9-5-4-6-11-7-9/h4-8,12H,3H2,1-2H3/t8-/m0/s1. The second-order valence-electron chi connectivity index (χ2n) is 2.93. The third-order valence-corrected chi connectivity index (χ3v) is 1.88. The number of pyridine rings is 1. The Hall–Kier alpha value is -1.38. The van der Waals surface area contributed by atoms with E-state index in [4.69, 9.17) is 0 Å². The number of hydrogen-bond donors (Lipinski definition) is 1. The normalized spacial score (nSPS) is 12.2. The van der Waals surface area contributed by atoms with E-state index < -0.39 is 0 Å². The quantitative estimate of drug-likeness (QED) is 0.765. The lowest BCUT2D eigenvalue weighted by molar-refractivity contribution is -0.119. The minimum atomic E-state index is -0.130. The zero-order chi connectivity index (χ0) is 9.68. The number of ketones is 1. The van der Waals surface area contributed by atoms with Crippen molar-refractivity contribution < 1.29 is 4.79 Å². The number of nitrogens with zero attached hydrogens (tertiary/aromatic N) is 1. The fourth-order valence-electron chi connectivity index (χ4n) is 1.08. The van der Waals surface area contributed by atoms with Crippen LogP contribution in [-0.2, 0) is 4.79 Å². The molecule has 70 valence electrons. The van der Waals surface area contributed by atoms with E-state index in [-0.39, 0.29) is 11.8 Å². The van der Waals surface area contributed by atoms with Crippen molar-refractivity contribution in [1.29, 1.82) is 0 Å². The highest BCUT2D eigenvalue weighted by Crippen LogP contribution is 2.05. The Bertz CT molecular complexity index is 272. The molecule has 0 unspecified atom stereocenters. The van der Waals surface area contributed by atoms with E-state index in [1.165, 1.54) is 0 Å². The molecule has 0 aliphatic carbocycles. The maximum Gasteiger partial charge on any atom is 0.154 e. The average Bonchev–Trinajstić information content (AvgIpc) is 2.18. The minimum absolute atomic E-state index is 0.130. The first-order valence-corrected chi connectivity index (χ1v) is 4.43. The molecular formula is C10H14N2O. The molecule has 1 aromatic heterocycles. The van der Waals surface area contributed by atoms with Crippen LogP contribution in [0.15, 0.2) is 24.5 Å². The SMILES string of the molecule is CCC(=O)[C@H](C)Nc1cccnc1. The predicted molar refractivity (Wildman–Crippen MR) is 52.6 cm³/mol. The fourth-order valence-corrected chi connectivity index (χ4v) is 1.08. The van der Waals surface area contributed by atoms with Gasteiger partial charge in [-0.3, -0.25) is 9.78 Å². The molecule has 1 rings (SSSR count). The van der Waals surface area contributed by atoms with Crippen molar-refractivity contribution in [3.8, 4) is 0 Å². The summed E-state index contributed by atoms with van der Waals surface area (Å²) < 4.78 is 0. The monoisotopic (exact) mass is 178 g/mol. The lowest BCUT2D eigenvalue weighted by Crippen LogP contribution is -2.25. The fraction of sp³-hybridized carbons (Fsp3) is 0.400. The van der Waals surface area contributed by atoms with Crippen molar-refractivity contribution in [3.63, 3.8) is 0 Å². The first-order chi connectivity index (χ1) is 6.24. The van der Waals surface area contributed by atoms with E-state index in [2.05, 4.69) is 10.3 Å². The van der Waals surface area contributed by atoms with Gasteiger partial charge in [0.25, 0.3) is 0 Å². The average molecular weight is 178 g/mol. The second kappa shape index (κ2) is 4.60. The summed E-state index contributed by atoms with van der Waals surface area (Å²) in [6.45, 7) is 3.72. The zero-order valence-electron chi connectivity index (χ0n) is 7.95. The molecular weight excluding hydrogens is 164 g/mol. The summed E-state index contributed by atoms with van der Waals surface area (Å²) in [4.78, 5) is 15.2. The number of nitrogens with one attached hydrogen (secondary N) is 1. The van der Waals surface area contributed by atoms with E-state index in [1.54, 1.807) is 12.4 Å². The van der Waals surface area contributed by atoms with Crippen molar-refractivity contribution in [2.24, 2.45) is 0 Å². The Balaban J connectivity index is 2.55. The summed E-state index contributed by atoms with van der Waals surface area (Å²) in [7, 11) is 0. The zero-order valence-corrected chi connectivity index (χ0v) is 7.95. The summed E-state index contributed by atoms with van der Waals surface area (Å²) in [5, 5.41) is 3.08. The number of Topliss-reactive ketones (excluding diaryl/α,β-unsaturated/α-hetero) is 1. The summed E-state index contributed by atoms with van der Waals surface area (Å²) in [6, 6.07) is 3.60. The van der Waals surface area contributed by atoms with Gasteiger partial charge in [-0.05, 0) is 19.1 Å². The van der Waals surface area contributed by atoms with Crippen molar-refractivity contribution in [1.82, 2.24) is 4.98 Å². The molecule has 0 aliphatic rings. The van der Waals surface area contributed by atoms with Gasteiger partial charge in [-0.2, -0.15) is 0 Å². The topological polar surface area (TPSA) is 42.0 Å². The van der Waals surface area contributed by atoms with Crippen LogP contribution < -0.4 is 5.32 Å². The minimum Gasteiger partial charge on any atom is -0.374 e. The van der Waals surface area contributed by atoms with Crippen molar-refractivity contribution in [3.05, 3.63) is 24.5 Å². The molecule has 0 bridgehead atoms. The molecule has 1 atom stereocenters. The first kappa shape index (κ1) is 9.71. The molecule has 3 heteroatoms. The van der Waals surface area contributed by atoms with Crippen LogP contribution in [0.25, 0.3) is 0 Å². The number of carbonyl (C=O) groups excluding carboxylic acids is 1. The Morgan fingerprint density at radius 1 is 1.69 bits per heavy atom. The van der Waals surface area contributed by atoms with Crippen LogP contribution in [0, 0.1) is 0 Å². The summed E-state index contributed by atoms with van der Waals surface area (Å²) in [5.74, 6) is 0.212. The molecule has 1 heterocycles. The van der Waals surface area contributed by atoms with E-state index in [0.717, 1.165) is 5.69 Å². The van der Waals surface area contributed by atoms with E-state index in [0.29, 0.717) is 6.42 Å². The van der Waals surface area contributed by atoms with Gasteiger partial charge in [-0.15, -0.1) is 0 Å². The number of aromatic nitrogens is 1. The van der Waals surface area contributed by atoms with Gasteiger partial charge in [0.2, 0.25) is 0 Å². The molecule has 0 saturated carbocycles. The largest absolute Gasteiger partial charge is 0.374 e. The molecule has 0 aliphatic heterocycles. The number of rotatable bonds is 4. The molecule has 0 radical (unpaired) electrons. The van der Waals surface area contributed by atoms with Crippen LogP contribution in [-0.4, -0.2) is 16.8 Å². The van der Waals surface area contributed by atoms with Crippen LogP contribution in [0.2, 0.25) is 0 Å². The maximum atomic E-state index is 11.2. The van der Waals surface area contributed by atoms with E-state index >= 15 is 0 Å². The lowest BCUT2D eigenvalue weighted by atomic mass is 10.1. The number of anilines is 1. The highest BCUT2D eigenvalue weighted by molar-refractivity contribution is 5.85. The van der Waals surface area contributed by atoms with Crippen LogP contribution in [0.1, 0.15) is 20.3 Å². The van der Waals surface area contributed by atoms with Crippen LogP contribution in [0.3, 0.4) is 0 Å².